The summed E-state index contributed by atoms with van der Waals surface area (Å²) >= 11 is 0. The fourth-order valence-corrected chi connectivity index (χ4v) is 2.75. The minimum Gasteiger partial charge on any atom is -0.426 e. The molecule has 0 bridgehead atoms. The topological polar surface area (TPSA) is 196 Å². The van der Waals surface area contributed by atoms with Crippen molar-refractivity contribution in [3.05, 3.63) is 74.7 Å². The van der Waals surface area contributed by atoms with Crippen LogP contribution >= 0.6 is 0 Å². The maximum atomic E-state index is 12.5. The number of para-hydroxylation sites is 2. The Labute approximate surface area is 208 Å². The van der Waals surface area contributed by atoms with Crippen molar-refractivity contribution in [2.45, 2.75) is 25.9 Å². The van der Waals surface area contributed by atoms with Crippen LogP contribution in [0.5, 0.6) is 11.5 Å². The number of ether oxygens (including phenoxy) is 4. The Morgan fingerprint density at radius 2 is 1.46 bits per heavy atom. The molecule has 2 rings (SSSR count). The van der Waals surface area contributed by atoms with Crippen molar-refractivity contribution in [3.8, 4) is 11.5 Å². The quantitative estimate of drug-likeness (QED) is 0.0880. The summed E-state index contributed by atoms with van der Waals surface area (Å²) in [7, 11) is 0. The highest BCUT2D eigenvalue weighted by Crippen LogP contribution is 2.21. The summed E-state index contributed by atoms with van der Waals surface area (Å²) in [5, 5.41) is 11.5. The second kappa shape index (κ2) is 14.3. The first-order chi connectivity index (χ1) is 17.7. The summed E-state index contributed by atoms with van der Waals surface area (Å²) in [5.41, 5.74) is -0.254. The van der Waals surface area contributed by atoms with Gasteiger partial charge in [-0.05, 0) is 30.7 Å². The van der Waals surface area contributed by atoms with Crippen molar-refractivity contribution in [1.29, 1.82) is 0 Å². The summed E-state index contributed by atoms with van der Waals surface area (Å²) in [6, 6.07) is 11.3. The molecule has 0 N–H and O–H groups in total. The van der Waals surface area contributed by atoms with Crippen LogP contribution < -0.4 is 9.47 Å². The molecule has 1 unspecified atom stereocenters. The van der Waals surface area contributed by atoms with E-state index in [-0.39, 0.29) is 29.0 Å². The highest BCUT2D eigenvalue weighted by Gasteiger charge is 2.21. The SMILES string of the molecule is CC(=O)Oc1ccccc1C(=O)OCOC(=O)c1ccccc1OC(=O)CCC(CON=O)O[N+](=O)[O-]. The first kappa shape index (κ1) is 28.2. The average Bonchev–Trinajstić information content (AvgIpc) is 2.85. The van der Waals surface area contributed by atoms with Crippen molar-refractivity contribution in [2.24, 2.45) is 5.34 Å². The summed E-state index contributed by atoms with van der Waals surface area (Å²) in [6.07, 6.45) is -1.92. The van der Waals surface area contributed by atoms with Crippen molar-refractivity contribution in [3.63, 3.8) is 0 Å². The van der Waals surface area contributed by atoms with Crippen LogP contribution in [0.4, 0.5) is 0 Å². The molecule has 1 atom stereocenters. The Morgan fingerprint density at radius 1 is 0.919 bits per heavy atom. The van der Waals surface area contributed by atoms with Crippen LogP contribution in [0.2, 0.25) is 0 Å². The molecule has 0 aliphatic heterocycles. The predicted octanol–water partition coefficient (Wildman–Crippen LogP) is 2.54. The fourth-order valence-electron chi connectivity index (χ4n) is 2.75. The molecule has 0 saturated carbocycles. The molecule has 196 valence electrons. The second-order valence-corrected chi connectivity index (χ2v) is 6.90. The maximum Gasteiger partial charge on any atom is 0.344 e. The summed E-state index contributed by atoms with van der Waals surface area (Å²) < 4.78 is 19.9. The van der Waals surface area contributed by atoms with E-state index in [9.17, 15) is 34.2 Å². The van der Waals surface area contributed by atoms with Crippen LogP contribution in [0, 0.1) is 15.0 Å². The number of hydrogen-bond acceptors (Lipinski definition) is 14. The maximum absolute atomic E-state index is 12.5. The lowest BCUT2D eigenvalue weighted by Gasteiger charge is -2.13. The molecule has 0 aliphatic carbocycles. The third-order valence-corrected chi connectivity index (χ3v) is 4.29. The van der Waals surface area contributed by atoms with Gasteiger partial charge >= 0.3 is 23.9 Å². The van der Waals surface area contributed by atoms with Gasteiger partial charge in [0.25, 0.3) is 5.09 Å². The van der Waals surface area contributed by atoms with Gasteiger partial charge in [-0.1, -0.05) is 24.3 Å². The van der Waals surface area contributed by atoms with E-state index in [2.05, 4.69) is 15.0 Å². The van der Waals surface area contributed by atoms with Gasteiger partial charge in [0.2, 0.25) is 6.79 Å². The van der Waals surface area contributed by atoms with Gasteiger partial charge in [-0.2, -0.15) is 0 Å². The van der Waals surface area contributed by atoms with Crippen LogP contribution in [0.25, 0.3) is 0 Å². The van der Waals surface area contributed by atoms with Gasteiger partial charge in [-0.15, -0.1) is 15.0 Å². The van der Waals surface area contributed by atoms with E-state index < -0.39 is 54.9 Å². The van der Waals surface area contributed by atoms with Gasteiger partial charge in [0.1, 0.15) is 35.3 Å². The van der Waals surface area contributed by atoms with Crippen LogP contribution in [-0.2, 0) is 28.7 Å². The van der Waals surface area contributed by atoms with E-state index in [1.807, 2.05) is 0 Å². The van der Waals surface area contributed by atoms with Crippen molar-refractivity contribution in [1.82, 2.24) is 0 Å². The fraction of sp³-hybridized carbons (Fsp3) is 0.273. The first-order valence-corrected chi connectivity index (χ1v) is 10.4. The molecular weight excluding hydrogens is 500 g/mol. The van der Waals surface area contributed by atoms with Gasteiger partial charge in [0.05, 0.1) is 0 Å². The van der Waals surface area contributed by atoms with E-state index in [1.54, 1.807) is 6.07 Å². The molecule has 0 aliphatic rings. The van der Waals surface area contributed by atoms with Crippen LogP contribution in [-0.4, -0.2) is 48.5 Å². The number of rotatable bonds is 14. The number of carbonyl (C=O) groups excluding carboxylic acids is 4. The normalized spacial score (nSPS) is 10.8. The third kappa shape index (κ3) is 9.59. The van der Waals surface area contributed by atoms with Crippen molar-refractivity contribution < 1.29 is 52.9 Å². The molecule has 2 aromatic rings. The Kier molecular flexibility index (Phi) is 10.9. The first-order valence-electron chi connectivity index (χ1n) is 10.4. The lowest BCUT2D eigenvalue weighted by atomic mass is 10.2. The zero-order valence-electron chi connectivity index (χ0n) is 19.2. The Balaban J connectivity index is 1.94. The molecule has 0 amide bonds. The largest absolute Gasteiger partial charge is 0.426 e. The molecule has 0 radical (unpaired) electrons. The summed E-state index contributed by atoms with van der Waals surface area (Å²) in [4.78, 5) is 77.1. The van der Waals surface area contributed by atoms with E-state index >= 15 is 0 Å². The molecule has 37 heavy (non-hydrogen) atoms. The average molecular weight is 520 g/mol. The van der Waals surface area contributed by atoms with Gasteiger partial charge in [0, 0.05) is 13.3 Å². The van der Waals surface area contributed by atoms with Crippen LogP contribution in [0.15, 0.2) is 53.9 Å². The molecule has 15 heteroatoms. The van der Waals surface area contributed by atoms with Crippen molar-refractivity contribution >= 4 is 23.9 Å². The van der Waals surface area contributed by atoms with Gasteiger partial charge in [-0.25, -0.2) is 9.59 Å². The van der Waals surface area contributed by atoms with Crippen LogP contribution in [0.1, 0.15) is 40.5 Å². The lowest BCUT2D eigenvalue weighted by Crippen LogP contribution is -2.24. The Bertz CT molecular complexity index is 1150. The lowest BCUT2D eigenvalue weighted by molar-refractivity contribution is -0.769. The highest BCUT2D eigenvalue weighted by molar-refractivity contribution is 5.94. The highest BCUT2D eigenvalue weighted by atomic mass is 17.0. The summed E-state index contributed by atoms with van der Waals surface area (Å²) in [6.45, 7) is -0.212. The molecular formula is C22H20N2O13. The molecule has 2 aromatic carbocycles. The number of esters is 4. The van der Waals surface area contributed by atoms with E-state index in [4.69, 9.17) is 18.9 Å². The number of benzene rings is 2. The number of hydrogen-bond donors (Lipinski definition) is 0. The van der Waals surface area contributed by atoms with E-state index in [0.717, 1.165) is 6.92 Å². The number of carbonyl (C=O) groups is 4. The zero-order valence-corrected chi connectivity index (χ0v) is 19.2. The van der Waals surface area contributed by atoms with Crippen LogP contribution in [0.3, 0.4) is 0 Å². The zero-order chi connectivity index (χ0) is 27.2. The van der Waals surface area contributed by atoms with Gasteiger partial charge in [0.15, 0.2) is 5.34 Å². The minimum absolute atomic E-state index is 0.0385. The Hall–Kier alpha value is -5.08. The van der Waals surface area contributed by atoms with Gasteiger partial charge < -0.3 is 28.6 Å². The summed E-state index contributed by atoms with van der Waals surface area (Å²) in [5.74, 6) is -3.69. The second-order valence-electron chi connectivity index (χ2n) is 6.90. The molecule has 0 aromatic heterocycles. The van der Waals surface area contributed by atoms with Crippen molar-refractivity contribution in [2.75, 3.05) is 13.4 Å². The minimum atomic E-state index is -1.26. The van der Waals surface area contributed by atoms with E-state index in [0.29, 0.717) is 0 Å². The van der Waals surface area contributed by atoms with E-state index in [1.165, 1.54) is 42.5 Å². The predicted molar refractivity (Wildman–Crippen MR) is 118 cm³/mol. The molecule has 0 heterocycles. The van der Waals surface area contributed by atoms with Gasteiger partial charge in [-0.3, -0.25) is 9.59 Å². The smallest absolute Gasteiger partial charge is 0.344 e. The third-order valence-electron chi connectivity index (χ3n) is 4.29. The molecule has 0 spiro atoms. The molecule has 0 fully saturated rings. The Morgan fingerprint density at radius 3 is 1.97 bits per heavy atom. The molecule has 0 saturated heterocycles. The standard InChI is InChI=1S/C22H20N2O13/c1-14(25)35-18-8-4-2-6-16(18)21(27)32-13-33-22(28)17-7-3-5-9-19(17)36-20(26)11-10-15(12-34-23-29)37-24(30)31/h2-9,15H,10-13H2,1H3. The number of nitrogens with zero attached hydrogens (tertiary/aromatic N) is 2. The monoisotopic (exact) mass is 520 g/mol. The molecule has 15 nitrogen and oxygen atoms in total.